The van der Waals surface area contributed by atoms with Crippen LogP contribution in [0.4, 0.5) is 5.69 Å². The van der Waals surface area contributed by atoms with E-state index in [0.29, 0.717) is 22.8 Å². The molecule has 0 atom stereocenters. The van der Waals surface area contributed by atoms with Gasteiger partial charge in [-0.2, -0.15) is 0 Å². The van der Waals surface area contributed by atoms with Crippen molar-refractivity contribution in [2.45, 2.75) is 0 Å². The Labute approximate surface area is 96.6 Å². The summed E-state index contributed by atoms with van der Waals surface area (Å²) in [5, 5.41) is 11.3. The number of pyridine rings is 1. The van der Waals surface area contributed by atoms with Gasteiger partial charge < -0.3 is 0 Å². The van der Waals surface area contributed by atoms with Crippen molar-refractivity contribution < 1.29 is 9.72 Å². The van der Waals surface area contributed by atoms with Gasteiger partial charge in [0.1, 0.15) is 6.29 Å². The van der Waals surface area contributed by atoms with Gasteiger partial charge in [-0.15, -0.1) is 0 Å². The summed E-state index contributed by atoms with van der Waals surface area (Å²) in [5.74, 6) is 0. The van der Waals surface area contributed by atoms with Crippen LogP contribution in [0.15, 0.2) is 36.5 Å². The summed E-state index contributed by atoms with van der Waals surface area (Å²) < 4.78 is 0. The number of allylic oxidation sites excluding steroid dienone is 1. The van der Waals surface area contributed by atoms with Gasteiger partial charge in [-0.25, -0.2) is 0 Å². The van der Waals surface area contributed by atoms with Gasteiger partial charge in [0.25, 0.3) is 5.69 Å². The molecule has 1 aromatic carbocycles. The van der Waals surface area contributed by atoms with E-state index in [0.717, 1.165) is 0 Å². The van der Waals surface area contributed by atoms with E-state index < -0.39 is 4.92 Å². The van der Waals surface area contributed by atoms with E-state index >= 15 is 0 Å². The van der Waals surface area contributed by atoms with Crippen molar-refractivity contribution in [3.8, 4) is 0 Å². The maximum absolute atomic E-state index is 10.8. The molecule has 0 spiro atoms. The predicted molar refractivity (Wildman–Crippen MR) is 63.5 cm³/mol. The number of aromatic nitrogens is 1. The summed E-state index contributed by atoms with van der Waals surface area (Å²) in [6, 6.07) is 6.27. The summed E-state index contributed by atoms with van der Waals surface area (Å²) >= 11 is 0. The molecule has 0 unspecified atom stereocenters. The molecule has 5 heteroatoms. The van der Waals surface area contributed by atoms with Crippen LogP contribution in [0.25, 0.3) is 17.0 Å². The van der Waals surface area contributed by atoms with E-state index in [2.05, 4.69) is 4.98 Å². The first-order chi connectivity index (χ1) is 8.24. The van der Waals surface area contributed by atoms with Gasteiger partial charge >= 0.3 is 0 Å². The minimum Gasteiger partial charge on any atom is -0.299 e. The van der Waals surface area contributed by atoms with Crippen LogP contribution < -0.4 is 0 Å². The predicted octanol–water partition coefficient (Wildman–Crippen LogP) is 2.36. The first-order valence-electron chi connectivity index (χ1n) is 4.88. The van der Waals surface area contributed by atoms with Crippen LogP contribution in [0.3, 0.4) is 0 Å². The monoisotopic (exact) mass is 228 g/mol. The number of hydrogen-bond acceptors (Lipinski definition) is 4. The van der Waals surface area contributed by atoms with Gasteiger partial charge in [-0.05, 0) is 30.4 Å². The smallest absolute Gasteiger partial charge is 0.278 e. The standard InChI is InChI=1S/C12H8N2O3/c15-8-2-3-9-5-6-11(14(16)17)10-4-1-7-13-12(9)10/h1-8H. The number of nitrogens with zero attached hydrogens (tertiary/aromatic N) is 2. The molecule has 2 rings (SSSR count). The summed E-state index contributed by atoms with van der Waals surface area (Å²) in [4.78, 5) is 24.8. The van der Waals surface area contributed by atoms with E-state index in [1.807, 2.05) is 0 Å². The number of hydrogen-bond donors (Lipinski definition) is 0. The second-order valence-electron chi connectivity index (χ2n) is 3.33. The van der Waals surface area contributed by atoms with E-state index in [9.17, 15) is 14.9 Å². The number of rotatable bonds is 3. The number of nitro groups is 1. The van der Waals surface area contributed by atoms with Gasteiger partial charge in [0.2, 0.25) is 0 Å². The molecule has 0 amide bonds. The van der Waals surface area contributed by atoms with Crippen molar-refractivity contribution in [2.24, 2.45) is 0 Å². The molecule has 0 aliphatic heterocycles. The fourth-order valence-corrected chi connectivity index (χ4v) is 1.62. The lowest BCUT2D eigenvalue weighted by atomic mass is 10.1. The highest BCUT2D eigenvalue weighted by atomic mass is 16.6. The van der Waals surface area contributed by atoms with Crippen molar-refractivity contribution in [3.63, 3.8) is 0 Å². The zero-order valence-electron chi connectivity index (χ0n) is 8.74. The number of aldehydes is 1. The third-order valence-corrected chi connectivity index (χ3v) is 2.33. The van der Waals surface area contributed by atoms with Gasteiger partial charge in [-0.3, -0.25) is 19.9 Å². The molecule has 1 aromatic heterocycles. The first kappa shape index (κ1) is 10.9. The van der Waals surface area contributed by atoms with Gasteiger partial charge in [0.05, 0.1) is 15.8 Å². The van der Waals surface area contributed by atoms with Crippen molar-refractivity contribution in [3.05, 3.63) is 52.2 Å². The topological polar surface area (TPSA) is 73.1 Å². The minimum atomic E-state index is -0.447. The maximum Gasteiger partial charge on any atom is 0.278 e. The highest BCUT2D eigenvalue weighted by Crippen LogP contribution is 2.27. The average Bonchev–Trinajstić information content (AvgIpc) is 2.35. The molecule has 0 fully saturated rings. The van der Waals surface area contributed by atoms with Crippen LogP contribution in [0.2, 0.25) is 0 Å². The first-order valence-corrected chi connectivity index (χ1v) is 4.88. The number of nitro benzene ring substituents is 1. The quantitative estimate of drug-likeness (QED) is 0.350. The van der Waals surface area contributed by atoms with Crippen molar-refractivity contribution in [2.75, 3.05) is 0 Å². The van der Waals surface area contributed by atoms with Gasteiger partial charge in [-0.1, -0.05) is 0 Å². The number of carbonyl (C=O) groups is 1. The maximum atomic E-state index is 10.8. The van der Waals surface area contributed by atoms with E-state index in [1.54, 1.807) is 30.5 Å². The summed E-state index contributed by atoms with van der Waals surface area (Å²) in [7, 11) is 0. The van der Waals surface area contributed by atoms with Crippen LogP contribution in [0.5, 0.6) is 0 Å². The molecular weight excluding hydrogens is 220 g/mol. The molecule has 1 heterocycles. The molecule has 2 aromatic rings. The zero-order valence-corrected chi connectivity index (χ0v) is 8.74. The molecule has 0 saturated heterocycles. The number of non-ortho nitro benzene ring substituents is 1. The normalized spacial score (nSPS) is 10.8. The van der Waals surface area contributed by atoms with Crippen LogP contribution in [-0.2, 0) is 4.79 Å². The Morgan fingerprint density at radius 3 is 2.82 bits per heavy atom. The molecule has 0 aliphatic rings. The summed E-state index contributed by atoms with van der Waals surface area (Å²) in [5.41, 5.74) is 1.20. The number of carbonyl (C=O) groups excluding carboxylic acids is 1. The third kappa shape index (κ3) is 2.03. The number of benzene rings is 1. The van der Waals surface area contributed by atoms with Crippen LogP contribution in [0.1, 0.15) is 5.56 Å². The molecular formula is C12H8N2O3. The fourth-order valence-electron chi connectivity index (χ4n) is 1.62. The molecule has 0 saturated carbocycles. The van der Waals surface area contributed by atoms with Gasteiger partial charge in [0, 0.05) is 17.8 Å². The second kappa shape index (κ2) is 4.52. The Kier molecular flexibility index (Phi) is 2.91. The van der Waals surface area contributed by atoms with E-state index in [4.69, 9.17) is 0 Å². The lowest BCUT2D eigenvalue weighted by Gasteiger charge is -2.01. The zero-order chi connectivity index (χ0) is 12.3. The Morgan fingerprint density at radius 2 is 2.12 bits per heavy atom. The van der Waals surface area contributed by atoms with Crippen LogP contribution in [0, 0.1) is 10.1 Å². The van der Waals surface area contributed by atoms with E-state index in [-0.39, 0.29) is 5.69 Å². The molecule has 0 bridgehead atoms. The van der Waals surface area contributed by atoms with Crippen LogP contribution >= 0.6 is 0 Å². The Balaban J connectivity index is 2.74. The summed E-state index contributed by atoms with van der Waals surface area (Å²) in [6.07, 6.45) is 5.11. The van der Waals surface area contributed by atoms with Crippen molar-refractivity contribution >= 4 is 29.0 Å². The largest absolute Gasteiger partial charge is 0.299 e. The second-order valence-corrected chi connectivity index (χ2v) is 3.33. The summed E-state index contributed by atoms with van der Waals surface area (Å²) in [6.45, 7) is 0. The molecule has 0 radical (unpaired) electrons. The van der Waals surface area contributed by atoms with Crippen LogP contribution in [-0.4, -0.2) is 16.2 Å². The van der Waals surface area contributed by atoms with E-state index in [1.165, 1.54) is 12.1 Å². The molecule has 17 heavy (non-hydrogen) atoms. The molecule has 5 nitrogen and oxygen atoms in total. The lowest BCUT2D eigenvalue weighted by Crippen LogP contribution is -1.92. The third-order valence-electron chi connectivity index (χ3n) is 2.33. The van der Waals surface area contributed by atoms with Crippen molar-refractivity contribution in [1.29, 1.82) is 0 Å². The average molecular weight is 228 g/mol. The molecule has 0 N–H and O–H groups in total. The Bertz CT molecular complexity index is 620. The molecule has 0 aliphatic carbocycles. The number of fused-ring (bicyclic) bond motifs is 1. The Morgan fingerprint density at radius 1 is 1.29 bits per heavy atom. The Hall–Kier alpha value is -2.56. The molecule has 84 valence electrons. The lowest BCUT2D eigenvalue weighted by molar-refractivity contribution is -0.383. The highest BCUT2D eigenvalue weighted by Gasteiger charge is 2.13. The highest BCUT2D eigenvalue weighted by molar-refractivity contribution is 5.95. The van der Waals surface area contributed by atoms with Gasteiger partial charge in [0.15, 0.2) is 0 Å². The minimum absolute atomic E-state index is 0.0105. The fraction of sp³-hybridized carbons (Fsp3) is 0. The SMILES string of the molecule is O=CC=Cc1ccc([N+](=O)[O-])c2cccnc12. The van der Waals surface area contributed by atoms with Crippen molar-refractivity contribution in [1.82, 2.24) is 4.98 Å².